The summed E-state index contributed by atoms with van der Waals surface area (Å²) >= 11 is 0. The summed E-state index contributed by atoms with van der Waals surface area (Å²) in [6.07, 6.45) is 5.45. The van der Waals surface area contributed by atoms with E-state index in [4.69, 9.17) is 14.2 Å². The Kier molecular flexibility index (Phi) is 4.52. The molecule has 0 N–H and O–H groups in total. The molecule has 0 aliphatic carbocycles. The fraction of sp³-hybridized carbons (Fsp3) is 0.148. The van der Waals surface area contributed by atoms with Crippen LogP contribution in [0.2, 0.25) is 0 Å². The normalized spacial score (nSPS) is 17.1. The predicted octanol–water partition coefficient (Wildman–Crippen LogP) is 4.99. The maximum Gasteiger partial charge on any atom is 0.306 e. The second kappa shape index (κ2) is 7.59. The smallest absolute Gasteiger partial charge is 0.306 e. The zero-order valence-electron chi connectivity index (χ0n) is 18.6. The number of ketones is 1. The minimum Gasteiger partial charge on any atom is -0.469 e. The van der Waals surface area contributed by atoms with Crippen LogP contribution >= 0.6 is 0 Å². The lowest BCUT2D eigenvalue weighted by Crippen LogP contribution is -2.16. The molecule has 1 atom stereocenters. The molecular weight excluding hydrogens is 432 g/mol. The van der Waals surface area contributed by atoms with Crippen molar-refractivity contribution >= 4 is 28.7 Å². The number of ether oxygens (including phenoxy) is 3. The van der Waals surface area contributed by atoms with E-state index in [1.54, 1.807) is 30.5 Å². The van der Waals surface area contributed by atoms with Gasteiger partial charge in [0.05, 0.1) is 19.1 Å². The minimum atomic E-state index is -0.417. The van der Waals surface area contributed by atoms with Gasteiger partial charge in [0, 0.05) is 53.0 Å². The van der Waals surface area contributed by atoms with Gasteiger partial charge < -0.3 is 18.8 Å². The highest BCUT2D eigenvalue weighted by atomic mass is 16.5. The summed E-state index contributed by atoms with van der Waals surface area (Å²) in [4.78, 5) is 29.9. The summed E-state index contributed by atoms with van der Waals surface area (Å²) in [6, 6.07) is 15.1. The second-order valence-electron chi connectivity index (χ2n) is 8.34. The number of allylic oxidation sites excluding steroid dienone is 1. The molecule has 34 heavy (non-hydrogen) atoms. The van der Waals surface area contributed by atoms with Crippen LogP contribution in [-0.2, 0) is 16.6 Å². The van der Waals surface area contributed by atoms with Crippen molar-refractivity contribution in [3.8, 4) is 17.4 Å². The van der Waals surface area contributed by atoms with Crippen LogP contribution in [0.4, 0.5) is 0 Å². The molecule has 7 nitrogen and oxygen atoms in total. The Bertz CT molecular complexity index is 1530. The van der Waals surface area contributed by atoms with Crippen LogP contribution in [0, 0.1) is 0 Å². The molecule has 7 heteroatoms. The maximum atomic E-state index is 13.3. The highest BCUT2D eigenvalue weighted by Crippen LogP contribution is 2.52. The SMILES string of the molecule is COC(=O)C[C@@H]1c2cccnc2Oc2ccc3c(c21)O/C(=C\c1cn(C)c2ccccc12)C3=O. The molecule has 0 unspecified atom stereocenters. The van der Waals surface area contributed by atoms with Gasteiger partial charge in [0.15, 0.2) is 5.76 Å². The van der Waals surface area contributed by atoms with E-state index in [1.165, 1.54) is 7.11 Å². The molecule has 0 fully saturated rings. The first-order chi connectivity index (χ1) is 16.5. The van der Waals surface area contributed by atoms with Crippen LogP contribution in [0.5, 0.6) is 17.4 Å². The molecule has 0 bridgehead atoms. The molecule has 6 rings (SSSR count). The van der Waals surface area contributed by atoms with E-state index in [-0.39, 0.29) is 23.9 Å². The zero-order valence-corrected chi connectivity index (χ0v) is 18.6. The van der Waals surface area contributed by atoms with Gasteiger partial charge in [-0.25, -0.2) is 4.98 Å². The van der Waals surface area contributed by atoms with Gasteiger partial charge in [-0.05, 0) is 30.3 Å². The first-order valence-electron chi connectivity index (χ1n) is 10.9. The number of aromatic nitrogens is 2. The summed E-state index contributed by atoms with van der Waals surface area (Å²) in [6.45, 7) is 0. The molecule has 168 valence electrons. The summed E-state index contributed by atoms with van der Waals surface area (Å²) in [5.74, 6) is 0.587. The van der Waals surface area contributed by atoms with E-state index in [2.05, 4.69) is 4.98 Å². The molecule has 0 amide bonds. The number of methoxy groups -OCH3 is 1. The van der Waals surface area contributed by atoms with Gasteiger partial charge >= 0.3 is 5.97 Å². The molecule has 0 radical (unpaired) electrons. The average Bonchev–Trinajstić information content (AvgIpc) is 3.35. The van der Waals surface area contributed by atoms with E-state index in [0.29, 0.717) is 28.5 Å². The van der Waals surface area contributed by atoms with Gasteiger partial charge in [-0.15, -0.1) is 0 Å². The summed E-state index contributed by atoms with van der Waals surface area (Å²) in [5, 5.41) is 1.03. The standard InChI is InChI=1S/C27H20N2O5/c1-29-14-15(16-6-3-4-8-20(16)29)12-22-25(31)18-9-10-21-24(26(18)33-22)19(13-23(30)32-2)17-7-5-11-28-27(17)34-21/h3-12,14,19H,13H2,1-2H3/b22-12-/t19-/m1/s1. The second-order valence-corrected chi connectivity index (χ2v) is 8.34. The third-order valence-electron chi connectivity index (χ3n) is 6.38. The third-order valence-corrected chi connectivity index (χ3v) is 6.38. The highest BCUT2D eigenvalue weighted by Gasteiger charge is 2.39. The number of para-hydroxylation sites is 1. The molecular formula is C27H20N2O5. The van der Waals surface area contributed by atoms with Crippen molar-refractivity contribution in [2.45, 2.75) is 12.3 Å². The number of nitrogens with zero attached hydrogens (tertiary/aromatic N) is 2. The minimum absolute atomic E-state index is 0.0714. The van der Waals surface area contributed by atoms with Crippen LogP contribution in [0.3, 0.4) is 0 Å². The van der Waals surface area contributed by atoms with Gasteiger partial charge in [0.1, 0.15) is 11.5 Å². The molecule has 2 aliphatic rings. The molecule has 4 aromatic rings. The monoisotopic (exact) mass is 452 g/mol. The fourth-order valence-corrected chi connectivity index (χ4v) is 4.78. The number of carbonyl (C=O) groups is 2. The van der Waals surface area contributed by atoms with E-state index in [1.807, 2.05) is 48.1 Å². The first-order valence-corrected chi connectivity index (χ1v) is 10.9. The number of pyridine rings is 1. The highest BCUT2D eigenvalue weighted by molar-refractivity contribution is 6.15. The van der Waals surface area contributed by atoms with Gasteiger partial charge in [-0.1, -0.05) is 24.3 Å². The Morgan fingerprint density at radius 3 is 2.85 bits per heavy atom. The number of Topliss-reactive ketones (excluding diaryl/α,β-unsaturated/α-hetero) is 1. The number of fused-ring (bicyclic) bond motifs is 5. The lowest BCUT2D eigenvalue weighted by Gasteiger charge is -2.27. The van der Waals surface area contributed by atoms with Crippen molar-refractivity contribution in [3.05, 3.63) is 88.9 Å². The Labute approximate surface area is 195 Å². The molecule has 0 saturated carbocycles. The van der Waals surface area contributed by atoms with Crippen molar-refractivity contribution in [2.75, 3.05) is 7.11 Å². The third kappa shape index (κ3) is 3.01. The Morgan fingerprint density at radius 2 is 2.00 bits per heavy atom. The summed E-state index contributed by atoms with van der Waals surface area (Å²) < 4.78 is 19.2. The Balaban J connectivity index is 1.47. The molecule has 4 heterocycles. The van der Waals surface area contributed by atoms with Gasteiger partial charge in [-0.2, -0.15) is 0 Å². The van der Waals surface area contributed by atoms with Crippen molar-refractivity contribution in [2.24, 2.45) is 7.05 Å². The van der Waals surface area contributed by atoms with Crippen LogP contribution in [-0.4, -0.2) is 28.4 Å². The van der Waals surface area contributed by atoms with Crippen molar-refractivity contribution in [3.63, 3.8) is 0 Å². The lowest BCUT2D eigenvalue weighted by atomic mass is 9.85. The van der Waals surface area contributed by atoms with E-state index in [0.717, 1.165) is 22.0 Å². The maximum absolute atomic E-state index is 13.3. The van der Waals surface area contributed by atoms with E-state index in [9.17, 15) is 9.59 Å². The van der Waals surface area contributed by atoms with Gasteiger partial charge in [0.25, 0.3) is 0 Å². The van der Waals surface area contributed by atoms with Gasteiger partial charge in [-0.3, -0.25) is 9.59 Å². The quantitative estimate of drug-likeness (QED) is 0.322. The number of esters is 1. The Hall–Kier alpha value is -4.39. The fourth-order valence-electron chi connectivity index (χ4n) is 4.78. The zero-order chi connectivity index (χ0) is 23.4. The molecule has 0 spiro atoms. The largest absolute Gasteiger partial charge is 0.469 e. The summed E-state index contributed by atoms with van der Waals surface area (Å²) in [7, 11) is 3.32. The van der Waals surface area contributed by atoms with Crippen molar-refractivity contribution < 1.29 is 23.8 Å². The molecule has 2 aliphatic heterocycles. The molecule has 0 saturated heterocycles. The van der Waals surface area contributed by atoms with E-state index >= 15 is 0 Å². The lowest BCUT2D eigenvalue weighted by molar-refractivity contribution is -0.140. The molecule has 2 aromatic heterocycles. The van der Waals surface area contributed by atoms with Crippen LogP contribution < -0.4 is 9.47 Å². The number of carbonyl (C=O) groups excluding carboxylic acids is 2. The number of hydrogen-bond acceptors (Lipinski definition) is 6. The Morgan fingerprint density at radius 1 is 1.15 bits per heavy atom. The summed E-state index contributed by atoms with van der Waals surface area (Å²) in [5.41, 5.74) is 3.79. The van der Waals surface area contributed by atoms with Crippen LogP contribution in [0.25, 0.3) is 17.0 Å². The van der Waals surface area contributed by atoms with Gasteiger partial charge in [0.2, 0.25) is 11.7 Å². The number of benzene rings is 2. The number of aryl methyl sites for hydroxylation is 1. The predicted molar refractivity (Wildman–Crippen MR) is 125 cm³/mol. The van der Waals surface area contributed by atoms with Crippen molar-refractivity contribution in [1.82, 2.24) is 9.55 Å². The van der Waals surface area contributed by atoms with Crippen molar-refractivity contribution in [1.29, 1.82) is 0 Å². The van der Waals surface area contributed by atoms with E-state index < -0.39 is 5.92 Å². The number of hydrogen-bond donors (Lipinski definition) is 0. The number of rotatable bonds is 3. The topological polar surface area (TPSA) is 79.7 Å². The first kappa shape index (κ1) is 20.2. The van der Waals surface area contributed by atoms with Crippen LogP contribution in [0.15, 0.2) is 66.7 Å². The molecule has 2 aromatic carbocycles. The average molecular weight is 452 g/mol. The van der Waals surface area contributed by atoms with Crippen LogP contribution in [0.1, 0.15) is 39.4 Å².